The molecule has 0 aliphatic carbocycles. The summed E-state index contributed by atoms with van der Waals surface area (Å²) in [5.74, 6) is 0.362. The molecule has 0 fully saturated rings. The van der Waals surface area contributed by atoms with Crippen LogP contribution in [0.1, 0.15) is 16.7 Å². The maximum atomic E-state index is 13.6. The first-order valence-corrected chi connectivity index (χ1v) is 8.61. The molecule has 0 saturated carbocycles. The molecular formula is C22H21F2NO. The Hall–Kier alpha value is -2.72. The van der Waals surface area contributed by atoms with Crippen molar-refractivity contribution in [3.8, 4) is 5.75 Å². The van der Waals surface area contributed by atoms with Gasteiger partial charge in [-0.25, -0.2) is 8.78 Å². The lowest BCUT2D eigenvalue weighted by atomic mass is 10.1. The average molecular weight is 353 g/mol. The van der Waals surface area contributed by atoms with E-state index in [1.807, 2.05) is 30.3 Å². The van der Waals surface area contributed by atoms with Crippen LogP contribution in [0, 0.1) is 11.6 Å². The summed E-state index contributed by atoms with van der Waals surface area (Å²) in [5, 5.41) is 3.33. The molecule has 3 rings (SSSR count). The molecule has 0 atom stereocenters. The molecule has 0 unspecified atom stereocenters. The van der Waals surface area contributed by atoms with Crippen molar-refractivity contribution >= 4 is 0 Å². The SMILES string of the molecule is Fc1ccc(COc2ccccc2CNCCc2ccccc2F)cc1. The summed E-state index contributed by atoms with van der Waals surface area (Å²) in [6.07, 6.45) is 0.630. The fourth-order valence-electron chi connectivity index (χ4n) is 2.68. The molecule has 0 bridgehead atoms. The second-order valence-corrected chi connectivity index (χ2v) is 6.04. The predicted molar refractivity (Wildman–Crippen MR) is 99.0 cm³/mol. The highest BCUT2D eigenvalue weighted by molar-refractivity contribution is 5.33. The Kier molecular flexibility index (Phi) is 6.34. The number of halogens is 2. The van der Waals surface area contributed by atoms with Crippen molar-refractivity contribution in [2.24, 2.45) is 0 Å². The average Bonchev–Trinajstić information content (AvgIpc) is 2.67. The van der Waals surface area contributed by atoms with Gasteiger partial charge in [0.15, 0.2) is 0 Å². The second-order valence-electron chi connectivity index (χ2n) is 6.04. The maximum absolute atomic E-state index is 13.6. The Morgan fingerprint density at radius 2 is 1.46 bits per heavy atom. The van der Waals surface area contributed by atoms with Crippen LogP contribution in [0.25, 0.3) is 0 Å². The predicted octanol–water partition coefficient (Wildman–Crippen LogP) is 4.88. The number of nitrogens with one attached hydrogen (secondary N) is 1. The van der Waals surface area contributed by atoms with Crippen LogP contribution in [0.4, 0.5) is 8.78 Å². The molecular weight excluding hydrogens is 332 g/mol. The Morgan fingerprint density at radius 3 is 2.23 bits per heavy atom. The molecule has 0 amide bonds. The van der Waals surface area contributed by atoms with Gasteiger partial charge in [0, 0.05) is 12.1 Å². The lowest BCUT2D eigenvalue weighted by Gasteiger charge is -2.12. The van der Waals surface area contributed by atoms with E-state index in [2.05, 4.69) is 5.32 Å². The van der Waals surface area contributed by atoms with Crippen LogP contribution in [-0.2, 0) is 19.6 Å². The fourth-order valence-corrected chi connectivity index (χ4v) is 2.68. The van der Waals surface area contributed by atoms with Crippen molar-refractivity contribution in [2.45, 2.75) is 19.6 Å². The van der Waals surface area contributed by atoms with E-state index in [1.165, 1.54) is 18.2 Å². The van der Waals surface area contributed by atoms with E-state index < -0.39 is 0 Å². The second kappa shape index (κ2) is 9.11. The minimum absolute atomic E-state index is 0.169. The highest BCUT2D eigenvalue weighted by atomic mass is 19.1. The minimum Gasteiger partial charge on any atom is -0.489 e. The molecule has 0 aliphatic heterocycles. The van der Waals surface area contributed by atoms with Crippen molar-refractivity contribution in [1.82, 2.24) is 5.32 Å². The molecule has 0 heterocycles. The Labute approximate surface area is 152 Å². The van der Waals surface area contributed by atoms with Crippen molar-refractivity contribution in [1.29, 1.82) is 0 Å². The summed E-state index contributed by atoms with van der Waals surface area (Å²) >= 11 is 0. The first-order chi connectivity index (χ1) is 12.7. The quantitative estimate of drug-likeness (QED) is 0.583. The fraction of sp³-hybridized carbons (Fsp3) is 0.182. The van der Waals surface area contributed by atoms with Gasteiger partial charge < -0.3 is 10.1 Å². The van der Waals surface area contributed by atoms with Gasteiger partial charge in [-0.15, -0.1) is 0 Å². The number of benzene rings is 3. The van der Waals surface area contributed by atoms with Gasteiger partial charge in [-0.2, -0.15) is 0 Å². The van der Waals surface area contributed by atoms with Gasteiger partial charge in [-0.05, 0) is 48.4 Å². The topological polar surface area (TPSA) is 21.3 Å². The largest absolute Gasteiger partial charge is 0.489 e. The lowest BCUT2D eigenvalue weighted by molar-refractivity contribution is 0.302. The molecule has 134 valence electrons. The van der Waals surface area contributed by atoms with Crippen LogP contribution in [0.2, 0.25) is 0 Å². The van der Waals surface area contributed by atoms with E-state index in [1.54, 1.807) is 24.3 Å². The number of hydrogen-bond donors (Lipinski definition) is 1. The van der Waals surface area contributed by atoms with Gasteiger partial charge in [0.2, 0.25) is 0 Å². The highest BCUT2D eigenvalue weighted by Crippen LogP contribution is 2.19. The summed E-state index contributed by atoms with van der Waals surface area (Å²) in [6, 6.07) is 20.9. The van der Waals surface area contributed by atoms with Crippen LogP contribution in [0.3, 0.4) is 0 Å². The van der Waals surface area contributed by atoms with Crippen LogP contribution < -0.4 is 10.1 Å². The zero-order chi connectivity index (χ0) is 18.2. The smallest absolute Gasteiger partial charge is 0.126 e. The Bertz CT molecular complexity index is 834. The molecule has 3 aromatic rings. The molecule has 2 nitrogen and oxygen atoms in total. The first-order valence-electron chi connectivity index (χ1n) is 8.61. The molecule has 4 heteroatoms. The van der Waals surface area contributed by atoms with Crippen LogP contribution in [0.15, 0.2) is 72.8 Å². The van der Waals surface area contributed by atoms with Gasteiger partial charge in [0.05, 0.1) is 0 Å². The van der Waals surface area contributed by atoms with Crippen LogP contribution in [0.5, 0.6) is 5.75 Å². The molecule has 3 aromatic carbocycles. The van der Waals surface area contributed by atoms with E-state index in [-0.39, 0.29) is 11.6 Å². The lowest BCUT2D eigenvalue weighted by Crippen LogP contribution is -2.17. The number of rotatable bonds is 8. The van der Waals surface area contributed by atoms with E-state index >= 15 is 0 Å². The zero-order valence-electron chi connectivity index (χ0n) is 14.4. The summed E-state index contributed by atoms with van der Waals surface area (Å²) in [5.41, 5.74) is 2.65. The standard InChI is InChI=1S/C22H21F2NO/c23-20-11-9-17(10-12-20)16-26-22-8-4-2-6-19(22)15-25-14-13-18-5-1-3-7-21(18)24/h1-12,25H,13-16H2. The van der Waals surface area contributed by atoms with Crippen molar-refractivity contribution in [3.63, 3.8) is 0 Å². The summed E-state index contributed by atoms with van der Waals surface area (Å²) in [7, 11) is 0. The van der Waals surface area contributed by atoms with Crippen LogP contribution >= 0.6 is 0 Å². The molecule has 0 aromatic heterocycles. The van der Waals surface area contributed by atoms with Gasteiger partial charge in [-0.1, -0.05) is 48.5 Å². The molecule has 1 N–H and O–H groups in total. The molecule has 0 saturated heterocycles. The van der Waals surface area contributed by atoms with E-state index in [4.69, 9.17) is 4.74 Å². The molecule has 0 radical (unpaired) electrons. The molecule has 0 spiro atoms. The normalized spacial score (nSPS) is 10.7. The maximum Gasteiger partial charge on any atom is 0.126 e. The van der Waals surface area contributed by atoms with E-state index in [0.717, 1.165) is 16.9 Å². The van der Waals surface area contributed by atoms with Crippen molar-refractivity contribution in [3.05, 3.63) is 101 Å². The summed E-state index contributed by atoms with van der Waals surface area (Å²) < 4.78 is 32.5. The molecule has 0 aliphatic rings. The van der Waals surface area contributed by atoms with Gasteiger partial charge in [0.1, 0.15) is 24.0 Å². The number of hydrogen-bond acceptors (Lipinski definition) is 2. The minimum atomic E-state index is -0.256. The Balaban J connectivity index is 1.52. The van der Waals surface area contributed by atoms with Crippen molar-refractivity contribution < 1.29 is 13.5 Å². The third-order valence-corrected chi connectivity index (χ3v) is 4.12. The molecule has 26 heavy (non-hydrogen) atoms. The first kappa shape index (κ1) is 18.1. The van der Waals surface area contributed by atoms with Gasteiger partial charge >= 0.3 is 0 Å². The van der Waals surface area contributed by atoms with Crippen LogP contribution in [-0.4, -0.2) is 6.54 Å². The van der Waals surface area contributed by atoms with E-state index in [0.29, 0.717) is 31.7 Å². The number of ether oxygens (including phenoxy) is 1. The monoisotopic (exact) mass is 353 g/mol. The summed E-state index contributed by atoms with van der Waals surface area (Å²) in [4.78, 5) is 0. The zero-order valence-corrected chi connectivity index (χ0v) is 14.4. The third-order valence-electron chi connectivity index (χ3n) is 4.12. The van der Waals surface area contributed by atoms with Crippen molar-refractivity contribution in [2.75, 3.05) is 6.54 Å². The van der Waals surface area contributed by atoms with E-state index in [9.17, 15) is 8.78 Å². The van der Waals surface area contributed by atoms with Gasteiger partial charge in [0.25, 0.3) is 0 Å². The highest BCUT2D eigenvalue weighted by Gasteiger charge is 2.05. The number of para-hydroxylation sites is 1. The van der Waals surface area contributed by atoms with Gasteiger partial charge in [-0.3, -0.25) is 0 Å². The summed E-state index contributed by atoms with van der Waals surface area (Å²) in [6.45, 7) is 1.69. The Morgan fingerprint density at radius 1 is 0.769 bits per heavy atom. The third kappa shape index (κ3) is 5.14.